The number of rotatable bonds is 8. The minimum atomic E-state index is -3.84. The van der Waals surface area contributed by atoms with Crippen molar-refractivity contribution < 1.29 is 17.4 Å². The lowest BCUT2D eigenvalue weighted by atomic mass is 10.2. The van der Waals surface area contributed by atoms with Crippen LogP contribution in [0, 0.1) is 6.92 Å². The molecule has 0 unspecified atom stereocenters. The van der Waals surface area contributed by atoms with Crippen molar-refractivity contribution in [2.24, 2.45) is 4.15 Å². The molecular weight excluding hydrogens is 449 g/mol. The van der Waals surface area contributed by atoms with Crippen molar-refractivity contribution >= 4 is 25.9 Å². The van der Waals surface area contributed by atoms with Gasteiger partial charge in [-0.05, 0) is 51.3 Å². The van der Waals surface area contributed by atoms with Gasteiger partial charge in [-0.15, -0.1) is 4.15 Å². The van der Waals surface area contributed by atoms with Crippen molar-refractivity contribution in [1.82, 2.24) is 9.34 Å². The molecule has 0 saturated carbocycles. The lowest BCUT2D eigenvalue weighted by Gasteiger charge is -2.35. The quantitative estimate of drug-likeness (QED) is 0.289. The first-order valence-corrected chi connectivity index (χ1v) is 16.4. The molecule has 0 N–H and O–H groups in total. The minimum absolute atomic E-state index is 0.158. The van der Waals surface area contributed by atoms with Gasteiger partial charge in [-0.3, -0.25) is 0 Å². The minimum Gasteiger partial charge on any atom is -0.413 e. The molecule has 0 atom stereocenters. The third kappa shape index (κ3) is 6.38. The molecule has 1 aliphatic rings. The van der Waals surface area contributed by atoms with Gasteiger partial charge < -0.3 is 8.95 Å². The Balaban J connectivity index is 2.17. The maximum atomic E-state index is 13.0. The normalized spacial score (nSPS) is 18.7. The van der Waals surface area contributed by atoms with Gasteiger partial charge in [0, 0.05) is 13.1 Å². The molecule has 0 radical (unpaired) electrons. The van der Waals surface area contributed by atoms with E-state index in [1.165, 1.54) is 0 Å². The van der Waals surface area contributed by atoms with Gasteiger partial charge >= 0.3 is 0 Å². The Kier molecular flexibility index (Phi) is 8.53. The second-order valence-corrected chi connectivity index (χ2v) is 19.0. The van der Waals surface area contributed by atoms with E-state index in [1.807, 2.05) is 42.5 Å². The maximum absolute atomic E-state index is 13.0. The monoisotopic (exact) mass is 487 g/mol. The van der Waals surface area contributed by atoms with Crippen LogP contribution in [0.2, 0.25) is 18.1 Å². The van der Waals surface area contributed by atoms with Crippen molar-refractivity contribution in [3.8, 4) is 0 Å². The van der Waals surface area contributed by atoms with E-state index in [1.54, 1.807) is 24.3 Å². The number of aryl methyl sites for hydroxylation is 1. The highest BCUT2D eigenvalue weighted by Gasteiger charge is 2.40. The number of benzene rings is 1. The summed E-state index contributed by atoms with van der Waals surface area (Å²) in [6.45, 7) is 15.2. The molecule has 7 nitrogen and oxygen atoms in total. The maximum Gasteiger partial charge on any atom is 0.285 e. The number of nitrogens with zero attached hydrogens (tertiary/aromatic N) is 3. The van der Waals surface area contributed by atoms with Gasteiger partial charge in [0.25, 0.3) is 10.0 Å². The summed E-state index contributed by atoms with van der Waals surface area (Å²) in [5.74, 6) is 0. The zero-order chi connectivity index (χ0) is 23.5. The first-order chi connectivity index (χ1) is 14.2. The molecule has 1 aliphatic heterocycles. The van der Waals surface area contributed by atoms with Gasteiger partial charge in [0.15, 0.2) is 8.32 Å². The molecule has 1 heterocycles. The smallest absolute Gasteiger partial charge is 0.285 e. The van der Waals surface area contributed by atoms with Crippen LogP contribution in [0.25, 0.3) is 0 Å². The van der Waals surface area contributed by atoms with Crippen molar-refractivity contribution in [1.29, 1.82) is 0 Å². The first-order valence-electron chi connectivity index (χ1n) is 10.5. The van der Waals surface area contributed by atoms with Crippen LogP contribution < -0.4 is 0 Å². The Labute approximate surface area is 189 Å². The summed E-state index contributed by atoms with van der Waals surface area (Å²) in [6, 6.07) is 6.75. The van der Waals surface area contributed by atoms with Crippen LogP contribution in [0.15, 0.2) is 45.5 Å². The zero-order valence-corrected chi connectivity index (χ0v) is 22.8. The fraction of sp³-hybridized carbons (Fsp3) is 0.619. The Morgan fingerprint density at radius 3 is 2.10 bits per heavy atom. The molecule has 176 valence electrons. The summed E-state index contributed by atoms with van der Waals surface area (Å²) in [4.78, 5) is 0.188. The van der Waals surface area contributed by atoms with E-state index in [0.717, 1.165) is 5.56 Å². The lowest BCUT2D eigenvalue weighted by Crippen LogP contribution is -2.40. The number of hydrogen-bond donors (Lipinski definition) is 0. The molecule has 0 aromatic heterocycles. The van der Waals surface area contributed by atoms with Crippen molar-refractivity contribution in [3.63, 3.8) is 0 Å². The van der Waals surface area contributed by atoms with Crippen LogP contribution in [-0.2, 0) is 19.0 Å². The van der Waals surface area contributed by atoms with Gasteiger partial charge in [0.2, 0.25) is 7.58 Å². The molecular formula is C21H38N3O4PSSi. The van der Waals surface area contributed by atoms with E-state index in [2.05, 4.69) is 38.0 Å². The largest absolute Gasteiger partial charge is 0.413 e. The Morgan fingerprint density at radius 2 is 1.58 bits per heavy atom. The Morgan fingerprint density at radius 1 is 1.06 bits per heavy atom. The summed E-state index contributed by atoms with van der Waals surface area (Å²) in [5.41, 5.74) is 1.000. The Hall–Kier alpha value is -0.803. The number of likely N-dealkylation sites (N-methyl/N-ethyl adjacent to an activating group) is 2. The highest BCUT2D eigenvalue weighted by atomic mass is 32.2. The second-order valence-electron chi connectivity index (χ2n) is 9.48. The van der Waals surface area contributed by atoms with E-state index in [-0.39, 0.29) is 16.5 Å². The molecule has 1 aromatic rings. The van der Waals surface area contributed by atoms with Gasteiger partial charge in [-0.25, -0.2) is 9.34 Å². The molecule has 1 aromatic carbocycles. The standard InChI is InChI=1S/C21H38N3O4PSSi/c1-19-11-13-20(14-12-19)30(25,26)22-29(23(5)15-16-24(29)6)27-17-9-10-18-28-31(7,8)21(2,3)4/h9-14H,15-18H2,1-8H3/b10-9+. The molecule has 31 heavy (non-hydrogen) atoms. The first kappa shape index (κ1) is 26.4. The van der Waals surface area contributed by atoms with Crippen molar-refractivity contribution in [2.75, 3.05) is 40.4 Å². The van der Waals surface area contributed by atoms with Crippen LogP contribution in [0.4, 0.5) is 0 Å². The van der Waals surface area contributed by atoms with Crippen LogP contribution in [0.3, 0.4) is 0 Å². The molecule has 2 rings (SSSR count). The fourth-order valence-electron chi connectivity index (χ4n) is 2.81. The molecule has 0 bridgehead atoms. The molecule has 1 fully saturated rings. The third-order valence-corrected chi connectivity index (χ3v) is 15.8. The average Bonchev–Trinajstić information content (AvgIpc) is 2.92. The highest BCUT2D eigenvalue weighted by Crippen LogP contribution is 2.60. The number of hydrogen-bond acceptors (Lipinski definition) is 4. The van der Waals surface area contributed by atoms with Gasteiger partial charge in [0.1, 0.15) is 0 Å². The van der Waals surface area contributed by atoms with Gasteiger partial charge in [-0.1, -0.05) is 50.6 Å². The highest BCUT2D eigenvalue weighted by molar-refractivity contribution is 7.93. The van der Waals surface area contributed by atoms with E-state index < -0.39 is 25.9 Å². The molecule has 1 saturated heterocycles. The topological polar surface area (TPSA) is 71.4 Å². The van der Waals surface area contributed by atoms with E-state index in [0.29, 0.717) is 19.7 Å². The van der Waals surface area contributed by atoms with Crippen LogP contribution >= 0.6 is 7.58 Å². The van der Waals surface area contributed by atoms with Crippen LogP contribution in [0.1, 0.15) is 26.3 Å². The van der Waals surface area contributed by atoms with Gasteiger partial charge in [0.05, 0.1) is 18.1 Å². The molecule has 10 heteroatoms. The second kappa shape index (κ2) is 9.99. The molecule has 0 aliphatic carbocycles. The predicted molar refractivity (Wildman–Crippen MR) is 131 cm³/mol. The van der Waals surface area contributed by atoms with Crippen molar-refractivity contribution in [2.45, 2.75) is 50.7 Å². The Bertz CT molecular complexity index is 926. The van der Waals surface area contributed by atoms with Crippen molar-refractivity contribution in [3.05, 3.63) is 42.0 Å². The van der Waals surface area contributed by atoms with E-state index in [9.17, 15) is 8.42 Å². The fourth-order valence-corrected chi connectivity index (χ4v) is 8.82. The lowest BCUT2D eigenvalue weighted by molar-refractivity contribution is 0.321. The summed E-state index contributed by atoms with van der Waals surface area (Å²) in [6.07, 6.45) is 3.84. The summed E-state index contributed by atoms with van der Waals surface area (Å²) < 4.78 is 46.6. The average molecular weight is 488 g/mol. The zero-order valence-electron chi connectivity index (χ0n) is 20.1. The van der Waals surface area contributed by atoms with E-state index >= 15 is 0 Å². The number of sulfonamides is 1. The predicted octanol–water partition coefficient (Wildman–Crippen LogP) is 5.10. The third-order valence-electron chi connectivity index (χ3n) is 6.03. The SMILES string of the molecule is Cc1ccc(S(=O)(=O)N=P2(OC/C=C/CO[Si](C)(C)C(C)(C)C)N(C)CCN2C)cc1. The van der Waals surface area contributed by atoms with E-state index in [4.69, 9.17) is 8.95 Å². The summed E-state index contributed by atoms with van der Waals surface area (Å²) in [5, 5.41) is 0.158. The molecule has 0 amide bonds. The van der Waals surface area contributed by atoms with Crippen LogP contribution in [-0.4, -0.2) is 66.5 Å². The summed E-state index contributed by atoms with van der Waals surface area (Å²) >= 11 is 0. The summed E-state index contributed by atoms with van der Waals surface area (Å²) in [7, 11) is -4.72. The molecule has 0 spiro atoms. The van der Waals surface area contributed by atoms with Gasteiger partial charge in [-0.2, -0.15) is 8.42 Å². The van der Waals surface area contributed by atoms with Crippen LogP contribution in [0.5, 0.6) is 0 Å².